The van der Waals surface area contributed by atoms with E-state index >= 15 is 0 Å². The summed E-state index contributed by atoms with van der Waals surface area (Å²) in [4.78, 5) is 11.2. The van der Waals surface area contributed by atoms with Gasteiger partial charge in [0.15, 0.2) is 6.29 Å². The molecule has 1 amide bonds. The highest BCUT2D eigenvalue weighted by Gasteiger charge is 2.23. The van der Waals surface area contributed by atoms with Crippen LogP contribution in [0.3, 0.4) is 0 Å². The van der Waals surface area contributed by atoms with Crippen molar-refractivity contribution >= 4 is 5.91 Å². The van der Waals surface area contributed by atoms with Gasteiger partial charge in [-0.2, -0.15) is 0 Å². The maximum atomic E-state index is 11.2. The molecule has 0 rings (SSSR count). The van der Waals surface area contributed by atoms with Gasteiger partial charge in [0.2, 0.25) is 5.91 Å². The molecule has 0 aliphatic carbocycles. The summed E-state index contributed by atoms with van der Waals surface area (Å²) in [5.41, 5.74) is 5.53. The van der Waals surface area contributed by atoms with E-state index in [9.17, 15) is 4.79 Å². The molecule has 0 saturated carbocycles. The molecule has 0 aromatic heterocycles. The van der Waals surface area contributed by atoms with Gasteiger partial charge in [-0.3, -0.25) is 4.79 Å². The van der Waals surface area contributed by atoms with Crippen LogP contribution in [-0.2, 0) is 14.3 Å². The van der Waals surface area contributed by atoms with Gasteiger partial charge in [0.1, 0.15) is 6.04 Å². The van der Waals surface area contributed by atoms with Crippen molar-refractivity contribution in [1.29, 1.82) is 0 Å². The zero-order valence-corrected chi connectivity index (χ0v) is 7.95. The lowest BCUT2D eigenvalue weighted by Crippen LogP contribution is -2.49. The summed E-state index contributed by atoms with van der Waals surface area (Å²) >= 11 is 0. The highest BCUT2D eigenvalue weighted by atomic mass is 16.7. The predicted molar refractivity (Wildman–Crippen MR) is 49.0 cm³/mol. The van der Waals surface area contributed by atoms with E-state index < -0.39 is 12.3 Å². The smallest absolute Gasteiger partial charge is 0.242 e. The van der Waals surface area contributed by atoms with Gasteiger partial charge in [-0.05, 0) is 0 Å². The van der Waals surface area contributed by atoms with Crippen molar-refractivity contribution in [1.82, 2.24) is 5.32 Å². The summed E-state index contributed by atoms with van der Waals surface area (Å²) < 4.78 is 9.66. The molecular formula is C8H16N2O3. The first-order chi connectivity index (χ1) is 6.17. The molecule has 0 bridgehead atoms. The van der Waals surface area contributed by atoms with Gasteiger partial charge in [0.25, 0.3) is 0 Å². The first-order valence-corrected chi connectivity index (χ1v) is 3.87. The van der Waals surface area contributed by atoms with Gasteiger partial charge >= 0.3 is 0 Å². The lowest BCUT2D eigenvalue weighted by molar-refractivity contribution is -0.144. The normalized spacial score (nSPS) is 12.6. The molecule has 0 aliphatic heterocycles. The van der Waals surface area contributed by atoms with Gasteiger partial charge in [0, 0.05) is 20.8 Å². The van der Waals surface area contributed by atoms with Crippen LogP contribution in [0.2, 0.25) is 0 Å². The molecule has 0 fully saturated rings. The molecule has 1 unspecified atom stereocenters. The Kier molecular flexibility index (Phi) is 6.13. The number of amides is 1. The van der Waals surface area contributed by atoms with E-state index in [1.807, 2.05) is 0 Å². The molecule has 3 N–H and O–H groups in total. The van der Waals surface area contributed by atoms with Crippen LogP contribution in [0.1, 0.15) is 0 Å². The van der Waals surface area contributed by atoms with Crippen molar-refractivity contribution in [2.45, 2.75) is 12.3 Å². The van der Waals surface area contributed by atoms with Gasteiger partial charge in [-0.15, -0.1) is 6.58 Å². The van der Waals surface area contributed by atoms with Crippen LogP contribution in [0.15, 0.2) is 12.7 Å². The van der Waals surface area contributed by atoms with E-state index in [4.69, 9.17) is 15.2 Å². The number of hydrogen-bond donors (Lipinski definition) is 2. The van der Waals surface area contributed by atoms with E-state index in [-0.39, 0.29) is 5.91 Å². The van der Waals surface area contributed by atoms with Crippen molar-refractivity contribution in [3.05, 3.63) is 12.7 Å². The van der Waals surface area contributed by atoms with Crippen LogP contribution in [0.5, 0.6) is 0 Å². The number of methoxy groups -OCH3 is 2. The SMILES string of the molecule is C=CCNC(=O)C(N)C(OC)OC. The fraction of sp³-hybridized carbons (Fsp3) is 0.625. The molecule has 0 radical (unpaired) electrons. The third-order valence-electron chi connectivity index (χ3n) is 1.48. The Morgan fingerprint density at radius 3 is 2.54 bits per heavy atom. The molecule has 0 saturated heterocycles. The Hall–Kier alpha value is -0.910. The third-order valence-corrected chi connectivity index (χ3v) is 1.48. The molecular weight excluding hydrogens is 172 g/mol. The minimum absolute atomic E-state index is 0.325. The summed E-state index contributed by atoms with van der Waals surface area (Å²) in [6.07, 6.45) is 0.851. The zero-order valence-electron chi connectivity index (χ0n) is 7.95. The number of carbonyl (C=O) groups is 1. The zero-order chi connectivity index (χ0) is 10.3. The molecule has 5 heteroatoms. The third kappa shape index (κ3) is 4.02. The van der Waals surface area contributed by atoms with E-state index in [0.29, 0.717) is 6.54 Å². The quantitative estimate of drug-likeness (QED) is 0.424. The minimum Gasteiger partial charge on any atom is -0.354 e. The molecule has 0 aromatic rings. The van der Waals surface area contributed by atoms with Crippen LogP contribution in [0.25, 0.3) is 0 Å². The second-order valence-corrected chi connectivity index (χ2v) is 2.40. The average molecular weight is 188 g/mol. The molecule has 0 aliphatic rings. The number of nitrogens with one attached hydrogen (secondary N) is 1. The van der Waals surface area contributed by atoms with Gasteiger partial charge in [0.05, 0.1) is 0 Å². The maximum Gasteiger partial charge on any atom is 0.242 e. The average Bonchev–Trinajstić information content (AvgIpc) is 2.15. The number of rotatable bonds is 6. The molecule has 0 aromatic carbocycles. The number of ether oxygens (including phenoxy) is 2. The van der Waals surface area contributed by atoms with Gasteiger partial charge < -0.3 is 20.5 Å². The van der Waals surface area contributed by atoms with Crippen LogP contribution in [0, 0.1) is 0 Å². The highest BCUT2D eigenvalue weighted by Crippen LogP contribution is 1.96. The van der Waals surface area contributed by atoms with Crippen molar-refractivity contribution in [3.63, 3.8) is 0 Å². The number of nitrogens with two attached hydrogens (primary N) is 1. The van der Waals surface area contributed by atoms with E-state index in [2.05, 4.69) is 11.9 Å². The molecule has 0 heterocycles. The predicted octanol–water partition coefficient (Wildman–Crippen LogP) is -0.765. The Bertz CT molecular complexity index is 169. The lowest BCUT2D eigenvalue weighted by Gasteiger charge is -2.19. The van der Waals surface area contributed by atoms with Gasteiger partial charge in [-0.1, -0.05) is 6.08 Å². The monoisotopic (exact) mass is 188 g/mol. The van der Waals surface area contributed by atoms with E-state index in [1.165, 1.54) is 14.2 Å². The fourth-order valence-electron chi connectivity index (χ4n) is 0.804. The second kappa shape index (κ2) is 6.59. The van der Waals surface area contributed by atoms with E-state index in [1.54, 1.807) is 6.08 Å². The van der Waals surface area contributed by atoms with Crippen LogP contribution in [-0.4, -0.2) is 39.0 Å². The Morgan fingerprint density at radius 2 is 2.15 bits per heavy atom. The number of hydrogen-bond acceptors (Lipinski definition) is 4. The first kappa shape index (κ1) is 12.1. The Morgan fingerprint density at radius 1 is 1.62 bits per heavy atom. The van der Waals surface area contributed by atoms with Crippen molar-refractivity contribution in [3.8, 4) is 0 Å². The van der Waals surface area contributed by atoms with Crippen molar-refractivity contribution in [2.75, 3.05) is 20.8 Å². The molecule has 0 spiro atoms. The fourth-order valence-corrected chi connectivity index (χ4v) is 0.804. The molecule has 1 atom stereocenters. The first-order valence-electron chi connectivity index (χ1n) is 3.87. The number of carbonyl (C=O) groups excluding carboxylic acids is 1. The largest absolute Gasteiger partial charge is 0.354 e. The molecule has 76 valence electrons. The Balaban J connectivity index is 3.98. The summed E-state index contributed by atoms with van der Waals surface area (Å²) in [6, 6.07) is -0.824. The minimum atomic E-state index is -0.824. The van der Waals surface area contributed by atoms with Crippen LogP contribution >= 0.6 is 0 Å². The van der Waals surface area contributed by atoms with Crippen LogP contribution < -0.4 is 11.1 Å². The van der Waals surface area contributed by atoms with Gasteiger partial charge in [-0.25, -0.2) is 0 Å². The standard InChI is InChI=1S/C8H16N2O3/c1-4-5-10-7(11)6(9)8(12-2)13-3/h4,6,8H,1,5,9H2,2-3H3,(H,10,11). The highest BCUT2D eigenvalue weighted by molar-refractivity contribution is 5.82. The summed E-state index contributed by atoms with van der Waals surface area (Å²) in [5.74, 6) is -0.325. The summed E-state index contributed by atoms with van der Waals surface area (Å²) in [5, 5.41) is 2.54. The van der Waals surface area contributed by atoms with Crippen molar-refractivity contribution < 1.29 is 14.3 Å². The Labute approximate surface area is 77.9 Å². The molecule has 5 nitrogen and oxygen atoms in total. The maximum absolute atomic E-state index is 11.2. The molecule has 13 heavy (non-hydrogen) atoms. The summed E-state index contributed by atoms with van der Waals surface area (Å²) in [7, 11) is 2.85. The second-order valence-electron chi connectivity index (χ2n) is 2.40. The summed E-state index contributed by atoms with van der Waals surface area (Å²) in [6.45, 7) is 3.84. The topological polar surface area (TPSA) is 73.6 Å². The van der Waals surface area contributed by atoms with Crippen molar-refractivity contribution in [2.24, 2.45) is 5.73 Å². The van der Waals surface area contributed by atoms with Crippen LogP contribution in [0.4, 0.5) is 0 Å². The van der Waals surface area contributed by atoms with E-state index in [0.717, 1.165) is 0 Å². The lowest BCUT2D eigenvalue weighted by atomic mass is 10.3.